The van der Waals surface area contributed by atoms with Gasteiger partial charge in [-0.1, -0.05) is 23.7 Å². The highest BCUT2D eigenvalue weighted by atomic mass is 35.5. The van der Waals surface area contributed by atoms with Crippen LogP contribution in [0.1, 0.15) is 5.56 Å². The number of halogens is 2. The van der Waals surface area contributed by atoms with Crippen LogP contribution in [0, 0.1) is 6.08 Å². The van der Waals surface area contributed by atoms with E-state index in [0.29, 0.717) is 27.6 Å². The zero-order valence-corrected chi connectivity index (χ0v) is 18.3. The number of hydrogen-bond acceptors (Lipinski definition) is 7. The molecule has 2 aromatic carbocycles. The third-order valence-corrected chi connectivity index (χ3v) is 5.83. The number of pyridine rings is 1. The van der Waals surface area contributed by atoms with Crippen molar-refractivity contribution in [1.29, 1.82) is 0 Å². The predicted octanol–water partition coefficient (Wildman–Crippen LogP) is 5.76. The van der Waals surface area contributed by atoms with Crippen molar-refractivity contribution in [3.8, 4) is 17.0 Å². The van der Waals surface area contributed by atoms with Crippen molar-refractivity contribution in [1.82, 2.24) is 15.0 Å². The number of anilines is 1. The van der Waals surface area contributed by atoms with Gasteiger partial charge in [-0.05, 0) is 53.9 Å². The molecule has 2 heterocycles. The highest BCUT2D eigenvalue weighted by molar-refractivity contribution is 8.00. The van der Waals surface area contributed by atoms with Crippen molar-refractivity contribution >= 4 is 40.3 Å². The van der Waals surface area contributed by atoms with Crippen LogP contribution in [0.5, 0.6) is 5.88 Å². The van der Waals surface area contributed by atoms with Gasteiger partial charge in [-0.15, -0.1) is 0 Å². The smallest absolute Gasteiger partial charge is 0.309 e. The van der Waals surface area contributed by atoms with E-state index in [-0.39, 0.29) is 6.61 Å². The summed E-state index contributed by atoms with van der Waals surface area (Å²) in [6.45, 7) is 0.282. The minimum absolute atomic E-state index is 0.282. The highest BCUT2D eigenvalue weighted by Gasteiger charge is 2.14. The number of rotatable bonds is 7. The molecule has 0 radical (unpaired) electrons. The SMILES string of the molecule is COCc1cc(-c2ccc(NSc3ccccc3Cl)nc2OC)cc2cnc(F)nc12. The van der Waals surface area contributed by atoms with E-state index in [0.717, 1.165) is 21.6 Å². The van der Waals surface area contributed by atoms with Crippen molar-refractivity contribution < 1.29 is 13.9 Å². The molecule has 1 N–H and O–H groups in total. The summed E-state index contributed by atoms with van der Waals surface area (Å²) in [4.78, 5) is 13.0. The number of aromatic nitrogens is 3. The number of nitrogens with one attached hydrogen (secondary N) is 1. The number of nitrogens with zero attached hydrogens (tertiary/aromatic N) is 3. The number of ether oxygens (including phenoxy) is 2. The van der Waals surface area contributed by atoms with Crippen molar-refractivity contribution in [2.75, 3.05) is 18.9 Å². The fraction of sp³-hybridized carbons (Fsp3) is 0.136. The summed E-state index contributed by atoms with van der Waals surface area (Å²) < 4.78 is 27.5. The number of benzene rings is 2. The van der Waals surface area contributed by atoms with Crippen LogP contribution in [-0.2, 0) is 11.3 Å². The second-order valence-corrected chi connectivity index (χ2v) is 7.79. The second kappa shape index (κ2) is 9.47. The first-order valence-corrected chi connectivity index (χ1v) is 10.5. The molecule has 0 saturated carbocycles. The Bertz CT molecular complexity index is 1240. The van der Waals surface area contributed by atoms with Gasteiger partial charge in [-0.25, -0.2) is 9.97 Å². The molecule has 0 aliphatic heterocycles. The van der Waals surface area contributed by atoms with Gasteiger partial charge < -0.3 is 14.2 Å². The van der Waals surface area contributed by atoms with E-state index in [9.17, 15) is 4.39 Å². The van der Waals surface area contributed by atoms with E-state index in [2.05, 4.69) is 19.7 Å². The number of hydrogen-bond donors (Lipinski definition) is 1. The van der Waals surface area contributed by atoms with Gasteiger partial charge >= 0.3 is 6.08 Å². The van der Waals surface area contributed by atoms with Gasteiger partial charge in [0.2, 0.25) is 5.88 Å². The van der Waals surface area contributed by atoms with Crippen LogP contribution in [0.15, 0.2) is 59.6 Å². The van der Waals surface area contributed by atoms with Gasteiger partial charge in [0, 0.05) is 34.7 Å². The van der Waals surface area contributed by atoms with Gasteiger partial charge in [-0.3, -0.25) is 0 Å². The molecule has 0 fully saturated rings. The van der Waals surface area contributed by atoms with Crippen molar-refractivity contribution in [3.63, 3.8) is 0 Å². The molecule has 0 saturated heterocycles. The Morgan fingerprint density at radius 2 is 1.94 bits per heavy atom. The summed E-state index contributed by atoms with van der Waals surface area (Å²) in [6.07, 6.45) is 0.680. The lowest BCUT2D eigenvalue weighted by atomic mass is 10.0. The highest BCUT2D eigenvalue weighted by Crippen LogP contribution is 2.34. The Kier molecular flexibility index (Phi) is 6.50. The molecule has 0 bridgehead atoms. The fourth-order valence-corrected chi connectivity index (χ4v) is 4.02. The third kappa shape index (κ3) is 4.71. The summed E-state index contributed by atoms with van der Waals surface area (Å²) >= 11 is 7.57. The Hall–Kier alpha value is -2.94. The maximum Gasteiger partial charge on any atom is 0.309 e. The Labute approximate surface area is 187 Å². The van der Waals surface area contributed by atoms with Crippen molar-refractivity contribution in [2.24, 2.45) is 0 Å². The zero-order valence-electron chi connectivity index (χ0n) is 16.7. The zero-order chi connectivity index (χ0) is 21.8. The summed E-state index contributed by atoms with van der Waals surface area (Å²) in [5.41, 5.74) is 2.87. The van der Waals surface area contributed by atoms with Crippen LogP contribution in [0.4, 0.5) is 10.2 Å². The largest absolute Gasteiger partial charge is 0.480 e. The molecule has 4 rings (SSSR count). The summed E-state index contributed by atoms with van der Waals surface area (Å²) in [7, 11) is 3.14. The third-order valence-electron chi connectivity index (χ3n) is 4.50. The molecule has 0 spiro atoms. The van der Waals surface area contributed by atoms with Crippen LogP contribution < -0.4 is 9.46 Å². The van der Waals surface area contributed by atoms with Crippen LogP contribution in [0.3, 0.4) is 0 Å². The second-order valence-electron chi connectivity index (χ2n) is 6.53. The lowest BCUT2D eigenvalue weighted by molar-refractivity contribution is 0.186. The van der Waals surface area contributed by atoms with Crippen LogP contribution >= 0.6 is 23.5 Å². The first kappa shape index (κ1) is 21.3. The van der Waals surface area contributed by atoms with Crippen molar-refractivity contribution in [3.05, 3.63) is 71.4 Å². The number of methoxy groups -OCH3 is 2. The molecule has 2 aromatic heterocycles. The van der Waals surface area contributed by atoms with Gasteiger partial charge in [0.25, 0.3) is 0 Å². The Morgan fingerprint density at radius 1 is 1.10 bits per heavy atom. The molecule has 158 valence electrons. The molecule has 31 heavy (non-hydrogen) atoms. The summed E-state index contributed by atoms with van der Waals surface area (Å²) in [6, 6.07) is 15.1. The topological polar surface area (TPSA) is 69.2 Å². The first-order chi connectivity index (χ1) is 15.1. The molecule has 0 unspecified atom stereocenters. The molecule has 0 aliphatic carbocycles. The van der Waals surface area contributed by atoms with Gasteiger partial charge in [0.05, 0.1) is 24.3 Å². The minimum Gasteiger partial charge on any atom is -0.480 e. The lowest BCUT2D eigenvalue weighted by Gasteiger charge is -2.13. The quantitative estimate of drug-likeness (QED) is 0.280. The van der Waals surface area contributed by atoms with Gasteiger partial charge in [0.15, 0.2) is 0 Å². The average Bonchev–Trinajstić information content (AvgIpc) is 2.78. The van der Waals surface area contributed by atoms with Crippen LogP contribution in [-0.4, -0.2) is 29.2 Å². The fourth-order valence-electron chi connectivity index (χ4n) is 3.13. The Morgan fingerprint density at radius 3 is 2.71 bits per heavy atom. The van der Waals surface area contributed by atoms with E-state index in [1.165, 1.54) is 18.1 Å². The molecule has 4 aromatic rings. The summed E-state index contributed by atoms with van der Waals surface area (Å²) in [5, 5.41) is 1.36. The Balaban J connectivity index is 1.68. The van der Waals surface area contributed by atoms with Crippen molar-refractivity contribution in [2.45, 2.75) is 11.5 Å². The van der Waals surface area contributed by atoms with Crippen LogP contribution in [0.2, 0.25) is 5.02 Å². The molecule has 0 amide bonds. The molecular formula is C22H18ClFN4O2S. The molecule has 0 aliphatic rings. The molecule has 6 nitrogen and oxygen atoms in total. The maximum absolute atomic E-state index is 13.6. The average molecular weight is 457 g/mol. The van der Waals surface area contributed by atoms with Gasteiger partial charge in [-0.2, -0.15) is 9.37 Å². The lowest BCUT2D eigenvalue weighted by Crippen LogP contribution is -1.99. The first-order valence-electron chi connectivity index (χ1n) is 9.26. The van der Waals surface area contributed by atoms with E-state index in [1.54, 1.807) is 14.2 Å². The van der Waals surface area contributed by atoms with Crippen LogP contribution in [0.25, 0.3) is 22.0 Å². The normalized spacial score (nSPS) is 11.0. The molecule has 0 atom stereocenters. The number of fused-ring (bicyclic) bond motifs is 1. The minimum atomic E-state index is -0.775. The van der Waals surface area contributed by atoms with E-state index in [4.69, 9.17) is 21.1 Å². The molecular weight excluding hydrogens is 439 g/mol. The van der Waals surface area contributed by atoms with E-state index in [1.807, 2.05) is 48.5 Å². The standard InChI is InChI=1S/C22H18ClFN4O2S/c1-29-12-15-10-13(9-14-11-25-22(24)27-20(14)15)16-7-8-19(26-21(16)30-2)28-31-18-6-4-3-5-17(18)23/h3-11H,12H2,1-2H3,(H,26,28). The van der Waals surface area contributed by atoms with E-state index >= 15 is 0 Å². The van der Waals surface area contributed by atoms with Gasteiger partial charge in [0.1, 0.15) is 5.82 Å². The predicted molar refractivity (Wildman–Crippen MR) is 121 cm³/mol. The molecule has 9 heteroatoms. The monoisotopic (exact) mass is 456 g/mol. The summed E-state index contributed by atoms with van der Waals surface area (Å²) in [5.74, 6) is 1.06. The maximum atomic E-state index is 13.6. The van der Waals surface area contributed by atoms with E-state index < -0.39 is 6.08 Å².